The summed E-state index contributed by atoms with van der Waals surface area (Å²) in [6.07, 6.45) is 0.792. The molecule has 3 heterocycles. The van der Waals surface area contributed by atoms with E-state index in [1.165, 1.54) is 32.9 Å². The van der Waals surface area contributed by atoms with Crippen LogP contribution in [0.4, 0.5) is 5.13 Å². The van der Waals surface area contributed by atoms with Crippen LogP contribution >= 0.6 is 11.3 Å². The maximum Gasteiger partial charge on any atom is 0.268 e. The first-order valence-electron chi connectivity index (χ1n) is 12.0. The van der Waals surface area contributed by atoms with Crippen molar-refractivity contribution in [3.8, 4) is 22.4 Å². The van der Waals surface area contributed by atoms with Crippen molar-refractivity contribution in [2.45, 2.75) is 27.2 Å². The SMILES string of the molecule is Cc1ccc(-c2c(C)noc2C)cc1Cc1ccc(-c2csc(N3C(=O)c4ccccc4C3=O)n2)cc1. The van der Waals surface area contributed by atoms with Gasteiger partial charge in [0.2, 0.25) is 0 Å². The quantitative estimate of drug-likeness (QED) is 0.246. The lowest BCUT2D eigenvalue weighted by atomic mass is 9.94. The van der Waals surface area contributed by atoms with Gasteiger partial charge in [0, 0.05) is 16.5 Å². The Bertz CT molecular complexity index is 1630. The first kappa shape index (κ1) is 23.1. The lowest BCUT2D eigenvalue weighted by Gasteiger charge is -2.10. The smallest absolute Gasteiger partial charge is 0.268 e. The summed E-state index contributed by atoms with van der Waals surface area (Å²) < 4.78 is 5.36. The van der Waals surface area contributed by atoms with Gasteiger partial charge in [-0.15, -0.1) is 11.3 Å². The molecule has 0 bridgehead atoms. The molecule has 0 spiro atoms. The van der Waals surface area contributed by atoms with E-state index in [0.717, 1.165) is 40.3 Å². The predicted molar refractivity (Wildman–Crippen MR) is 144 cm³/mol. The summed E-state index contributed by atoms with van der Waals surface area (Å²) in [5.74, 6) is 0.164. The van der Waals surface area contributed by atoms with E-state index in [0.29, 0.717) is 16.3 Å². The Morgan fingerprint density at radius 3 is 2.19 bits per heavy atom. The van der Waals surface area contributed by atoms with E-state index < -0.39 is 0 Å². The summed E-state index contributed by atoms with van der Waals surface area (Å²) >= 11 is 1.29. The highest BCUT2D eigenvalue weighted by atomic mass is 32.1. The molecule has 6 rings (SSSR count). The van der Waals surface area contributed by atoms with E-state index in [4.69, 9.17) is 4.52 Å². The van der Waals surface area contributed by atoms with Crippen LogP contribution in [0.1, 0.15) is 48.9 Å². The van der Waals surface area contributed by atoms with Crippen LogP contribution < -0.4 is 4.90 Å². The number of hydrogen-bond acceptors (Lipinski definition) is 6. The zero-order chi connectivity index (χ0) is 25.7. The maximum atomic E-state index is 12.8. The summed E-state index contributed by atoms with van der Waals surface area (Å²) in [6.45, 7) is 6.02. The van der Waals surface area contributed by atoms with E-state index in [-0.39, 0.29) is 11.8 Å². The number of carbonyl (C=O) groups is 2. The number of aromatic nitrogens is 2. The summed E-state index contributed by atoms with van der Waals surface area (Å²) in [6, 6.07) is 21.6. The number of rotatable bonds is 5. The fourth-order valence-corrected chi connectivity index (χ4v) is 5.62. The number of imide groups is 1. The Morgan fingerprint density at radius 2 is 1.54 bits per heavy atom. The van der Waals surface area contributed by atoms with Gasteiger partial charge in [-0.2, -0.15) is 0 Å². The molecule has 1 aliphatic rings. The second-order valence-electron chi connectivity index (χ2n) is 9.22. The van der Waals surface area contributed by atoms with Gasteiger partial charge >= 0.3 is 0 Å². The molecule has 3 aromatic carbocycles. The molecule has 0 saturated carbocycles. The van der Waals surface area contributed by atoms with Crippen LogP contribution in [-0.4, -0.2) is 22.0 Å². The lowest BCUT2D eigenvalue weighted by Crippen LogP contribution is -2.29. The molecular formula is C30H23N3O3S. The average Bonchev–Trinajstić information content (AvgIpc) is 3.58. The number of thiazole rings is 1. The van der Waals surface area contributed by atoms with Gasteiger partial charge in [0.25, 0.3) is 11.8 Å². The molecule has 6 nitrogen and oxygen atoms in total. The topological polar surface area (TPSA) is 76.3 Å². The molecule has 2 amide bonds. The second kappa shape index (κ2) is 8.94. The molecule has 2 aromatic heterocycles. The molecule has 182 valence electrons. The Morgan fingerprint density at radius 1 is 0.865 bits per heavy atom. The molecule has 0 saturated heterocycles. The van der Waals surface area contributed by atoms with Crippen LogP contribution in [0, 0.1) is 20.8 Å². The van der Waals surface area contributed by atoms with Crippen molar-refractivity contribution in [1.82, 2.24) is 10.1 Å². The summed E-state index contributed by atoms with van der Waals surface area (Å²) in [5, 5.41) is 6.36. The first-order valence-corrected chi connectivity index (χ1v) is 12.8. The number of anilines is 1. The summed E-state index contributed by atoms with van der Waals surface area (Å²) in [7, 11) is 0. The minimum absolute atomic E-state index is 0.328. The number of nitrogens with zero attached hydrogens (tertiary/aromatic N) is 3. The Balaban J connectivity index is 1.23. The largest absolute Gasteiger partial charge is 0.361 e. The number of aryl methyl sites for hydroxylation is 3. The van der Waals surface area contributed by atoms with Crippen LogP contribution in [0.25, 0.3) is 22.4 Å². The van der Waals surface area contributed by atoms with Crippen LogP contribution in [0.15, 0.2) is 76.6 Å². The predicted octanol–water partition coefficient (Wildman–Crippen LogP) is 6.78. The highest BCUT2D eigenvalue weighted by Gasteiger charge is 2.38. The fraction of sp³-hybridized carbons (Fsp3) is 0.133. The van der Waals surface area contributed by atoms with Crippen LogP contribution in [0.3, 0.4) is 0 Å². The third-order valence-electron chi connectivity index (χ3n) is 6.79. The second-order valence-corrected chi connectivity index (χ2v) is 10.1. The first-order chi connectivity index (χ1) is 17.9. The molecule has 1 aliphatic heterocycles. The van der Waals surface area contributed by atoms with Gasteiger partial charge in [-0.25, -0.2) is 9.88 Å². The molecule has 0 unspecified atom stereocenters. The molecule has 0 fully saturated rings. The van der Waals surface area contributed by atoms with Crippen LogP contribution in [-0.2, 0) is 6.42 Å². The molecule has 0 N–H and O–H groups in total. The van der Waals surface area contributed by atoms with E-state index in [1.54, 1.807) is 24.3 Å². The van der Waals surface area contributed by atoms with E-state index >= 15 is 0 Å². The zero-order valence-electron chi connectivity index (χ0n) is 20.6. The normalized spacial score (nSPS) is 12.9. The van der Waals surface area contributed by atoms with E-state index in [1.807, 2.05) is 31.4 Å². The van der Waals surface area contributed by atoms with Gasteiger partial charge < -0.3 is 4.52 Å². The van der Waals surface area contributed by atoms with Gasteiger partial charge in [0.05, 0.1) is 22.5 Å². The van der Waals surface area contributed by atoms with Crippen LogP contribution in [0.2, 0.25) is 0 Å². The summed E-state index contributed by atoms with van der Waals surface area (Å²) in [4.78, 5) is 31.4. The van der Waals surface area contributed by atoms with Crippen molar-refractivity contribution in [2.75, 3.05) is 4.90 Å². The lowest BCUT2D eigenvalue weighted by molar-refractivity contribution is 0.0926. The van der Waals surface area contributed by atoms with Crippen molar-refractivity contribution < 1.29 is 14.1 Å². The van der Waals surface area contributed by atoms with Crippen molar-refractivity contribution >= 4 is 28.3 Å². The Hall–Kier alpha value is -4.36. The van der Waals surface area contributed by atoms with Crippen molar-refractivity contribution in [1.29, 1.82) is 0 Å². The van der Waals surface area contributed by atoms with Gasteiger partial charge in [-0.05, 0) is 61.6 Å². The van der Waals surface area contributed by atoms with Crippen LogP contribution in [0.5, 0.6) is 0 Å². The molecule has 7 heteroatoms. The van der Waals surface area contributed by atoms with Crippen molar-refractivity contribution in [2.24, 2.45) is 0 Å². The molecule has 0 atom stereocenters. The molecule has 5 aromatic rings. The molecular weight excluding hydrogens is 482 g/mol. The molecule has 37 heavy (non-hydrogen) atoms. The molecule has 0 radical (unpaired) electrons. The van der Waals surface area contributed by atoms with E-state index in [9.17, 15) is 9.59 Å². The van der Waals surface area contributed by atoms with Crippen molar-refractivity contribution in [3.05, 3.63) is 111 Å². The fourth-order valence-electron chi connectivity index (χ4n) is 4.79. The number of carbonyl (C=O) groups excluding carboxylic acids is 2. The molecule has 0 aliphatic carbocycles. The number of benzene rings is 3. The minimum Gasteiger partial charge on any atom is -0.361 e. The third-order valence-corrected chi connectivity index (χ3v) is 7.62. The maximum absolute atomic E-state index is 12.8. The number of fused-ring (bicyclic) bond motifs is 1. The Kier molecular flexibility index (Phi) is 5.57. The highest BCUT2D eigenvalue weighted by Crippen LogP contribution is 2.34. The zero-order valence-corrected chi connectivity index (χ0v) is 21.4. The minimum atomic E-state index is -0.328. The average molecular weight is 506 g/mol. The number of hydrogen-bond donors (Lipinski definition) is 0. The monoisotopic (exact) mass is 505 g/mol. The third kappa shape index (κ3) is 3.97. The summed E-state index contributed by atoms with van der Waals surface area (Å²) in [5.41, 5.74) is 9.20. The number of amides is 2. The van der Waals surface area contributed by atoms with Gasteiger partial charge in [0.1, 0.15) is 5.76 Å². The van der Waals surface area contributed by atoms with Gasteiger partial charge in [0.15, 0.2) is 5.13 Å². The standard InChI is InChI=1S/C30H23N3O3S/c1-17-8-11-22(27-18(2)32-36-19(27)3)15-23(17)14-20-9-12-21(13-10-20)26-16-37-30(31-26)33-28(34)24-6-4-5-7-25(24)29(33)35/h4-13,15-16H,14H2,1-3H3. The van der Waals surface area contributed by atoms with Crippen molar-refractivity contribution in [3.63, 3.8) is 0 Å². The Labute approximate surface area is 218 Å². The van der Waals surface area contributed by atoms with Gasteiger partial charge in [-0.1, -0.05) is 59.8 Å². The van der Waals surface area contributed by atoms with Gasteiger partial charge in [-0.3, -0.25) is 9.59 Å². The highest BCUT2D eigenvalue weighted by molar-refractivity contribution is 7.14. The van der Waals surface area contributed by atoms with E-state index in [2.05, 4.69) is 47.4 Å².